The summed E-state index contributed by atoms with van der Waals surface area (Å²) in [4.78, 5) is 3.12. The minimum absolute atomic E-state index is 0. The first-order valence-electron chi connectivity index (χ1n) is 4.06. The molecule has 5 heteroatoms. The van der Waals surface area contributed by atoms with E-state index < -0.39 is 0 Å². The van der Waals surface area contributed by atoms with Gasteiger partial charge in [0.2, 0.25) is 0 Å². The van der Waals surface area contributed by atoms with Gasteiger partial charge in [-0.25, -0.2) is 0 Å². The first-order valence-corrected chi connectivity index (χ1v) is 5.28. The van der Waals surface area contributed by atoms with Crippen LogP contribution >= 0.6 is 23.6 Å². The Hall–Kier alpha value is -0.351. The molecule has 0 atom stereocenters. The number of H-pyrrole nitrogens is 1. The predicted octanol–water partition coefficient (Wildman–Crippen LogP) is 3.36. The minimum Gasteiger partial charge on any atom is -0.492 e. The van der Waals surface area contributed by atoms with Gasteiger partial charge >= 0.3 is 0 Å². The van der Waals surface area contributed by atoms with Gasteiger partial charge in [-0.3, -0.25) is 0 Å². The molecule has 2 nitrogen and oxygen atoms in total. The first-order chi connectivity index (χ1) is 6.31. The van der Waals surface area contributed by atoms with Crippen molar-refractivity contribution in [3.8, 4) is 5.75 Å². The molecule has 0 unspecified atom stereocenters. The Bertz CT molecular complexity index is 477. The van der Waals surface area contributed by atoms with Crippen molar-refractivity contribution >= 4 is 33.8 Å². The molecule has 1 N–H and O–H groups in total. The van der Waals surface area contributed by atoms with Gasteiger partial charge in [0.25, 0.3) is 0 Å². The molecule has 1 radical (unpaired) electrons. The number of rotatable bonds is 2. The number of hydrogen-bond donors (Lipinski definition) is 1. The van der Waals surface area contributed by atoms with Crippen LogP contribution in [0.25, 0.3) is 10.2 Å². The van der Waals surface area contributed by atoms with Crippen LogP contribution in [-0.4, -0.2) is 11.6 Å². The molecule has 0 bridgehead atoms. The molecule has 1 heterocycles. The number of ether oxygens (including phenoxy) is 1. The molecule has 1 aromatic carbocycles. The van der Waals surface area contributed by atoms with E-state index in [0.717, 1.165) is 19.9 Å². The van der Waals surface area contributed by atoms with E-state index in [9.17, 15) is 0 Å². The third-order valence-electron chi connectivity index (χ3n) is 1.72. The maximum absolute atomic E-state index is 5.46. The monoisotopic (exact) mass is 274 g/mol. The summed E-state index contributed by atoms with van der Waals surface area (Å²) in [5.41, 5.74) is 1.01. The molecule has 2 rings (SSSR count). The molecule has 0 spiro atoms. The largest absolute Gasteiger partial charge is 0.492 e. The average Bonchev–Trinajstić information content (AvgIpc) is 2.47. The Labute approximate surface area is 102 Å². The predicted molar refractivity (Wildman–Crippen MR) is 58.2 cm³/mol. The van der Waals surface area contributed by atoms with Gasteiger partial charge in [-0.1, -0.05) is 6.07 Å². The first kappa shape index (κ1) is 11.7. The molecule has 0 saturated heterocycles. The zero-order chi connectivity index (χ0) is 9.26. The molecule has 0 aliphatic carbocycles. The summed E-state index contributed by atoms with van der Waals surface area (Å²) in [6.07, 6.45) is 0. The fourth-order valence-electron chi connectivity index (χ4n) is 1.22. The van der Waals surface area contributed by atoms with Crippen molar-refractivity contribution in [1.82, 2.24) is 4.98 Å². The number of aromatic amines is 1. The van der Waals surface area contributed by atoms with Crippen LogP contribution in [0.15, 0.2) is 18.2 Å². The number of thiazole rings is 1. The Morgan fingerprint density at radius 2 is 2.29 bits per heavy atom. The zero-order valence-corrected chi connectivity index (χ0v) is 10.0. The topological polar surface area (TPSA) is 25.0 Å². The van der Waals surface area contributed by atoms with Gasteiger partial charge < -0.3 is 9.72 Å². The maximum atomic E-state index is 5.46. The Morgan fingerprint density at radius 1 is 1.50 bits per heavy atom. The number of para-hydroxylation sites is 1. The summed E-state index contributed by atoms with van der Waals surface area (Å²) in [6.45, 7) is 2.65. The van der Waals surface area contributed by atoms with E-state index in [1.807, 2.05) is 25.1 Å². The summed E-state index contributed by atoms with van der Waals surface area (Å²) in [6, 6.07) is 5.96. The molecule has 0 aliphatic heterocycles. The Balaban J connectivity index is 0.000000980. The maximum Gasteiger partial charge on any atom is 0.159 e. The van der Waals surface area contributed by atoms with Crippen molar-refractivity contribution in [3.05, 3.63) is 22.2 Å². The summed E-state index contributed by atoms with van der Waals surface area (Å²) in [5, 5.41) is 0. The number of benzene rings is 1. The minimum atomic E-state index is 0. The third-order valence-corrected chi connectivity index (χ3v) is 2.92. The standard InChI is InChI=1S/C9H9NOS2.Cu/c1-2-11-6-4-3-5-7-8(6)10-9(12)13-7;/h3-5H,2H2,1H3,(H,10,12);. The van der Waals surface area contributed by atoms with Crippen LogP contribution in [0, 0.1) is 3.95 Å². The van der Waals surface area contributed by atoms with Crippen molar-refractivity contribution in [2.75, 3.05) is 6.61 Å². The number of fused-ring (bicyclic) bond motifs is 1. The molecule has 0 fully saturated rings. The molecule has 0 amide bonds. The fraction of sp³-hybridized carbons (Fsp3) is 0.222. The van der Waals surface area contributed by atoms with E-state index in [4.69, 9.17) is 17.0 Å². The quantitative estimate of drug-likeness (QED) is 0.671. The smallest absolute Gasteiger partial charge is 0.159 e. The number of hydrogen-bond acceptors (Lipinski definition) is 3. The summed E-state index contributed by atoms with van der Waals surface area (Å²) in [5.74, 6) is 0.882. The SMILES string of the molecule is CCOc1cccc2sc(=S)[nH]c12.[Cu]. The van der Waals surface area contributed by atoms with Crippen LogP contribution in [0.4, 0.5) is 0 Å². The van der Waals surface area contributed by atoms with Gasteiger partial charge in [-0.05, 0) is 31.3 Å². The van der Waals surface area contributed by atoms with Gasteiger partial charge in [0, 0.05) is 17.1 Å². The normalized spacial score (nSPS) is 9.79. The second-order valence-corrected chi connectivity index (χ2v) is 4.30. The van der Waals surface area contributed by atoms with Crippen molar-refractivity contribution in [3.63, 3.8) is 0 Å². The average molecular weight is 275 g/mol. The molecular formula is C9H9CuNOS2. The molecule has 14 heavy (non-hydrogen) atoms. The molecule has 2 aromatic rings. The van der Waals surface area contributed by atoms with E-state index in [2.05, 4.69) is 4.98 Å². The van der Waals surface area contributed by atoms with Crippen molar-refractivity contribution in [2.24, 2.45) is 0 Å². The number of nitrogens with one attached hydrogen (secondary N) is 1. The van der Waals surface area contributed by atoms with E-state index in [0.29, 0.717) is 6.61 Å². The zero-order valence-electron chi connectivity index (χ0n) is 7.47. The molecule has 79 valence electrons. The van der Waals surface area contributed by atoms with Crippen molar-refractivity contribution in [1.29, 1.82) is 0 Å². The van der Waals surface area contributed by atoms with Crippen molar-refractivity contribution < 1.29 is 21.8 Å². The van der Waals surface area contributed by atoms with Gasteiger partial charge in [0.1, 0.15) is 5.75 Å². The van der Waals surface area contributed by atoms with E-state index in [1.165, 1.54) is 0 Å². The number of aromatic nitrogens is 1. The third kappa shape index (κ3) is 2.17. The van der Waals surface area contributed by atoms with Crippen molar-refractivity contribution in [2.45, 2.75) is 6.92 Å². The van der Waals surface area contributed by atoms with E-state index in [1.54, 1.807) is 11.3 Å². The van der Waals surface area contributed by atoms with Crippen LogP contribution < -0.4 is 4.74 Å². The van der Waals surface area contributed by atoms with Crippen LogP contribution in [-0.2, 0) is 17.1 Å². The Kier molecular flexibility index (Phi) is 4.13. The molecule has 0 saturated carbocycles. The van der Waals surface area contributed by atoms with Gasteiger partial charge in [0.15, 0.2) is 3.95 Å². The van der Waals surface area contributed by atoms with E-state index in [-0.39, 0.29) is 17.1 Å². The van der Waals surface area contributed by atoms with E-state index >= 15 is 0 Å². The van der Waals surface area contributed by atoms with Crippen LogP contribution in [0.5, 0.6) is 5.75 Å². The summed E-state index contributed by atoms with van der Waals surface area (Å²) < 4.78 is 7.40. The molecule has 0 aliphatic rings. The molecule has 1 aromatic heterocycles. The van der Waals surface area contributed by atoms with Gasteiger partial charge in [-0.15, -0.1) is 11.3 Å². The fourth-order valence-corrected chi connectivity index (χ4v) is 2.35. The van der Waals surface area contributed by atoms with Gasteiger partial charge in [-0.2, -0.15) is 0 Å². The van der Waals surface area contributed by atoms with Crippen LogP contribution in [0.3, 0.4) is 0 Å². The van der Waals surface area contributed by atoms with Crippen LogP contribution in [0.1, 0.15) is 6.92 Å². The van der Waals surface area contributed by atoms with Gasteiger partial charge in [0.05, 0.1) is 16.8 Å². The Morgan fingerprint density at radius 3 is 3.00 bits per heavy atom. The van der Waals surface area contributed by atoms with Crippen LogP contribution in [0.2, 0.25) is 0 Å². The summed E-state index contributed by atoms with van der Waals surface area (Å²) >= 11 is 6.64. The summed E-state index contributed by atoms with van der Waals surface area (Å²) in [7, 11) is 0. The second kappa shape index (κ2) is 4.94. The second-order valence-electron chi connectivity index (χ2n) is 2.58. The molecular weight excluding hydrogens is 266 g/mol.